The van der Waals surface area contributed by atoms with Gasteiger partial charge in [0.25, 0.3) is 0 Å². The molecule has 0 amide bonds. The molecule has 8 heteroatoms. The van der Waals surface area contributed by atoms with Crippen LogP contribution in [0.15, 0.2) is 28.7 Å². The van der Waals surface area contributed by atoms with E-state index in [1.54, 1.807) is 18.4 Å². The number of hydrogen-bond acceptors (Lipinski definition) is 4. The van der Waals surface area contributed by atoms with E-state index < -0.39 is 0 Å². The summed E-state index contributed by atoms with van der Waals surface area (Å²) < 4.78 is 5.17. The maximum Gasteiger partial charge on any atom is 0.191 e. The lowest BCUT2D eigenvalue weighted by Crippen LogP contribution is -2.38. The Morgan fingerprint density at radius 2 is 2.16 bits per heavy atom. The van der Waals surface area contributed by atoms with Crippen LogP contribution in [-0.2, 0) is 13.0 Å². The van der Waals surface area contributed by atoms with Crippen LogP contribution in [0.25, 0.3) is 0 Å². The SMILES string of the molecule is CCNC(=NCc1scnc1C)NCCc1ccc(OC)cc1Cl.I. The van der Waals surface area contributed by atoms with Crippen molar-refractivity contribution in [2.75, 3.05) is 20.2 Å². The summed E-state index contributed by atoms with van der Waals surface area (Å²) in [6.45, 7) is 6.26. The molecular formula is C17H24ClIN4OS. The molecule has 0 atom stereocenters. The average molecular weight is 495 g/mol. The molecule has 0 spiro atoms. The zero-order valence-electron chi connectivity index (χ0n) is 14.6. The highest BCUT2D eigenvalue weighted by Gasteiger charge is 2.04. The van der Waals surface area contributed by atoms with E-state index in [1.165, 1.54) is 4.88 Å². The van der Waals surface area contributed by atoms with Crippen molar-refractivity contribution in [1.82, 2.24) is 15.6 Å². The van der Waals surface area contributed by atoms with Crippen LogP contribution in [0.5, 0.6) is 5.75 Å². The van der Waals surface area contributed by atoms with Crippen LogP contribution in [-0.4, -0.2) is 31.1 Å². The molecule has 1 heterocycles. The number of rotatable bonds is 7. The van der Waals surface area contributed by atoms with E-state index in [2.05, 4.69) is 27.5 Å². The number of halogens is 2. The molecule has 0 saturated heterocycles. The Kier molecular flexibility index (Phi) is 10.1. The van der Waals surface area contributed by atoms with Gasteiger partial charge < -0.3 is 15.4 Å². The first-order valence-electron chi connectivity index (χ1n) is 7.87. The fourth-order valence-corrected chi connectivity index (χ4v) is 3.11. The van der Waals surface area contributed by atoms with Crippen molar-refractivity contribution < 1.29 is 4.74 Å². The number of aliphatic imine (C=N–C) groups is 1. The molecule has 0 aliphatic rings. The highest BCUT2D eigenvalue weighted by atomic mass is 127. The van der Waals surface area contributed by atoms with Gasteiger partial charge in [0.15, 0.2) is 5.96 Å². The summed E-state index contributed by atoms with van der Waals surface area (Å²) in [6.07, 6.45) is 0.812. The first kappa shape index (κ1) is 22.0. The zero-order chi connectivity index (χ0) is 17.4. The molecule has 0 saturated carbocycles. The van der Waals surface area contributed by atoms with Gasteiger partial charge in [-0.2, -0.15) is 0 Å². The standard InChI is InChI=1S/C17H23ClN4OS.HI/c1-4-19-17(21-10-16-12(2)22-11-24-16)20-8-7-13-5-6-14(23-3)9-15(13)18;/h5-6,9,11H,4,7-8,10H2,1-3H3,(H2,19,20,21);1H. The lowest BCUT2D eigenvalue weighted by molar-refractivity contribution is 0.414. The Morgan fingerprint density at radius 3 is 2.76 bits per heavy atom. The predicted octanol–water partition coefficient (Wildman–Crippen LogP) is 4.03. The second kappa shape index (κ2) is 11.5. The number of aromatic nitrogens is 1. The molecular weight excluding hydrogens is 471 g/mol. The number of ether oxygens (including phenoxy) is 1. The fraction of sp³-hybridized carbons (Fsp3) is 0.412. The number of guanidine groups is 1. The Hall–Kier alpha value is -1.06. The van der Waals surface area contributed by atoms with Crippen molar-refractivity contribution >= 4 is 52.9 Å². The number of benzene rings is 1. The topological polar surface area (TPSA) is 58.5 Å². The first-order valence-corrected chi connectivity index (χ1v) is 9.13. The van der Waals surface area contributed by atoms with Crippen LogP contribution in [0, 0.1) is 6.92 Å². The van der Waals surface area contributed by atoms with Crippen molar-refractivity contribution in [3.8, 4) is 5.75 Å². The van der Waals surface area contributed by atoms with Crippen molar-refractivity contribution in [1.29, 1.82) is 0 Å². The van der Waals surface area contributed by atoms with E-state index in [9.17, 15) is 0 Å². The maximum absolute atomic E-state index is 6.27. The Bertz CT molecular complexity index is 693. The van der Waals surface area contributed by atoms with Gasteiger partial charge in [-0.15, -0.1) is 35.3 Å². The van der Waals surface area contributed by atoms with Crippen LogP contribution in [0.2, 0.25) is 5.02 Å². The molecule has 2 aromatic rings. The fourth-order valence-electron chi connectivity index (χ4n) is 2.14. The van der Waals surface area contributed by atoms with Gasteiger partial charge in [-0.25, -0.2) is 9.98 Å². The maximum atomic E-state index is 6.27. The quantitative estimate of drug-likeness (QED) is 0.347. The molecule has 138 valence electrons. The molecule has 0 aliphatic heterocycles. The largest absolute Gasteiger partial charge is 0.497 e. The smallest absolute Gasteiger partial charge is 0.191 e. The van der Waals surface area contributed by atoms with Gasteiger partial charge in [-0.05, 0) is 38.0 Å². The number of aryl methyl sites for hydroxylation is 1. The normalized spacial score (nSPS) is 11.0. The highest BCUT2D eigenvalue weighted by Crippen LogP contribution is 2.22. The minimum atomic E-state index is 0. The zero-order valence-corrected chi connectivity index (χ0v) is 18.5. The van der Waals surface area contributed by atoms with Crippen LogP contribution in [0.1, 0.15) is 23.1 Å². The Labute approximate surface area is 175 Å². The van der Waals surface area contributed by atoms with Gasteiger partial charge in [0.05, 0.1) is 24.9 Å². The highest BCUT2D eigenvalue weighted by molar-refractivity contribution is 14.0. The molecule has 0 unspecified atom stereocenters. The van der Waals surface area contributed by atoms with Gasteiger partial charge in [0.2, 0.25) is 0 Å². The predicted molar refractivity (Wildman–Crippen MR) is 117 cm³/mol. The summed E-state index contributed by atoms with van der Waals surface area (Å²) >= 11 is 7.90. The number of methoxy groups -OCH3 is 1. The molecule has 1 aromatic carbocycles. The summed E-state index contributed by atoms with van der Waals surface area (Å²) in [4.78, 5) is 10.0. The van der Waals surface area contributed by atoms with Gasteiger partial charge in [0, 0.05) is 23.0 Å². The van der Waals surface area contributed by atoms with E-state index in [1.807, 2.05) is 30.6 Å². The van der Waals surface area contributed by atoms with Crippen LogP contribution < -0.4 is 15.4 Å². The molecule has 1 aromatic heterocycles. The minimum absolute atomic E-state index is 0. The van der Waals surface area contributed by atoms with Gasteiger partial charge in [0.1, 0.15) is 5.75 Å². The van der Waals surface area contributed by atoms with Gasteiger partial charge in [-0.1, -0.05) is 17.7 Å². The number of nitrogens with zero attached hydrogens (tertiary/aromatic N) is 2. The van der Waals surface area contributed by atoms with E-state index >= 15 is 0 Å². The van der Waals surface area contributed by atoms with Crippen LogP contribution in [0.3, 0.4) is 0 Å². The third-order valence-electron chi connectivity index (χ3n) is 3.52. The molecule has 0 bridgehead atoms. The monoisotopic (exact) mass is 494 g/mol. The minimum Gasteiger partial charge on any atom is -0.497 e. The molecule has 2 N–H and O–H groups in total. The molecule has 5 nitrogen and oxygen atoms in total. The van der Waals surface area contributed by atoms with E-state index in [0.717, 1.165) is 47.5 Å². The number of nitrogens with one attached hydrogen (secondary N) is 2. The second-order valence-corrected chi connectivity index (χ2v) is 6.54. The summed E-state index contributed by atoms with van der Waals surface area (Å²) in [5, 5.41) is 7.31. The van der Waals surface area contributed by atoms with Crippen molar-refractivity contribution in [3.05, 3.63) is 44.9 Å². The summed E-state index contributed by atoms with van der Waals surface area (Å²) in [5.74, 6) is 1.57. The molecule has 0 radical (unpaired) electrons. The number of hydrogen-bond donors (Lipinski definition) is 2. The van der Waals surface area contributed by atoms with Crippen LogP contribution >= 0.6 is 46.9 Å². The first-order chi connectivity index (χ1) is 11.6. The van der Waals surface area contributed by atoms with Gasteiger partial charge in [-0.3, -0.25) is 0 Å². The summed E-state index contributed by atoms with van der Waals surface area (Å²) in [6, 6.07) is 5.75. The van der Waals surface area contributed by atoms with E-state index in [0.29, 0.717) is 6.54 Å². The van der Waals surface area contributed by atoms with Gasteiger partial charge >= 0.3 is 0 Å². The third kappa shape index (κ3) is 6.99. The summed E-state index contributed by atoms with van der Waals surface area (Å²) in [5.41, 5.74) is 3.98. The molecule has 2 rings (SSSR count). The van der Waals surface area contributed by atoms with Crippen molar-refractivity contribution in [2.45, 2.75) is 26.8 Å². The Morgan fingerprint density at radius 1 is 1.36 bits per heavy atom. The average Bonchev–Trinajstić information content (AvgIpc) is 2.99. The lowest BCUT2D eigenvalue weighted by atomic mass is 10.1. The Balaban J connectivity index is 0.00000312. The second-order valence-electron chi connectivity index (χ2n) is 5.19. The summed E-state index contributed by atoms with van der Waals surface area (Å²) in [7, 11) is 1.64. The third-order valence-corrected chi connectivity index (χ3v) is 4.79. The lowest BCUT2D eigenvalue weighted by Gasteiger charge is -2.12. The molecule has 0 aliphatic carbocycles. The van der Waals surface area contributed by atoms with E-state index in [4.69, 9.17) is 16.3 Å². The van der Waals surface area contributed by atoms with E-state index in [-0.39, 0.29) is 24.0 Å². The van der Waals surface area contributed by atoms with Crippen molar-refractivity contribution in [3.63, 3.8) is 0 Å². The van der Waals surface area contributed by atoms with Crippen LogP contribution in [0.4, 0.5) is 0 Å². The van der Waals surface area contributed by atoms with Crippen molar-refractivity contribution in [2.24, 2.45) is 4.99 Å². The number of thiazole rings is 1. The molecule has 25 heavy (non-hydrogen) atoms. The molecule has 0 fully saturated rings.